The second kappa shape index (κ2) is 8.92. The lowest BCUT2D eigenvalue weighted by Crippen LogP contribution is -2.41. The maximum atomic E-state index is 12.7. The fourth-order valence-corrected chi connectivity index (χ4v) is 4.21. The van der Waals surface area contributed by atoms with Crippen LogP contribution >= 0.6 is 0 Å². The second-order valence-electron chi connectivity index (χ2n) is 8.92. The van der Waals surface area contributed by atoms with E-state index in [-0.39, 0.29) is 11.8 Å². The summed E-state index contributed by atoms with van der Waals surface area (Å²) in [5, 5.41) is 20.8. The van der Waals surface area contributed by atoms with E-state index in [0.717, 1.165) is 12.0 Å². The molecule has 0 aromatic heterocycles. The van der Waals surface area contributed by atoms with Gasteiger partial charge in [0, 0.05) is 24.4 Å². The minimum Gasteiger partial charge on any atom is -0.493 e. The predicted molar refractivity (Wildman–Crippen MR) is 111 cm³/mol. The van der Waals surface area contributed by atoms with Crippen molar-refractivity contribution in [2.75, 3.05) is 26.8 Å². The zero-order valence-electron chi connectivity index (χ0n) is 18.1. The lowest BCUT2D eigenvalue weighted by atomic mass is 9.72. The summed E-state index contributed by atoms with van der Waals surface area (Å²) >= 11 is 0. The predicted octanol–water partition coefficient (Wildman–Crippen LogP) is 2.96. The zero-order chi connectivity index (χ0) is 21.2. The Labute approximate surface area is 173 Å². The molecule has 2 aliphatic rings. The molecule has 1 aromatic carbocycles. The number of benzene rings is 1. The molecule has 2 fully saturated rings. The van der Waals surface area contributed by atoms with E-state index in [4.69, 9.17) is 9.47 Å². The number of aliphatic hydroxyl groups is 2. The van der Waals surface area contributed by atoms with Gasteiger partial charge in [-0.15, -0.1) is 0 Å². The van der Waals surface area contributed by atoms with Gasteiger partial charge >= 0.3 is 0 Å². The van der Waals surface area contributed by atoms with Crippen molar-refractivity contribution < 1.29 is 24.5 Å². The van der Waals surface area contributed by atoms with Crippen LogP contribution in [-0.2, 0) is 4.79 Å². The van der Waals surface area contributed by atoms with Crippen LogP contribution in [0.3, 0.4) is 0 Å². The summed E-state index contributed by atoms with van der Waals surface area (Å²) in [6.45, 7) is 7.30. The van der Waals surface area contributed by atoms with E-state index in [1.54, 1.807) is 18.9 Å². The van der Waals surface area contributed by atoms with Gasteiger partial charge in [0.25, 0.3) is 5.91 Å². The minimum atomic E-state index is -0.981. The average Bonchev–Trinajstić information content (AvgIpc) is 3.46. The lowest BCUT2D eigenvalue weighted by molar-refractivity contribution is -0.140. The molecule has 6 nitrogen and oxygen atoms in total. The molecule has 1 amide bonds. The van der Waals surface area contributed by atoms with E-state index in [1.807, 2.05) is 32.0 Å². The number of ether oxygens (including phenoxy) is 2. The molecule has 3 rings (SSSR count). The van der Waals surface area contributed by atoms with Crippen molar-refractivity contribution in [2.45, 2.75) is 64.6 Å². The standard InChI is InChI=1S/C23H35NO5/c1-5-6-19(26)22(27)24-12-18(23(3,14-24)15(2)25)17-9-10-20(28-4)21(11-17)29-13-16-7-8-16/h9-11,15-16,18-19,25-26H,5-8,12-14H2,1-4H3/t15-,18+,19?,23+/m1/s1. The smallest absolute Gasteiger partial charge is 0.251 e. The van der Waals surface area contributed by atoms with E-state index in [9.17, 15) is 15.0 Å². The highest BCUT2D eigenvalue weighted by Gasteiger charge is 2.49. The molecule has 1 saturated heterocycles. The molecule has 2 N–H and O–H groups in total. The Bertz CT molecular complexity index is 717. The van der Waals surface area contributed by atoms with Crippen LogP contribution in [0.4, 0.5) is 0 Å². The van der Waals surface area contributed by atoms with Gasteiger partial charge in [0.1, 0.15) is 6.10 Å². The van der Waals surface area contributed by atoms with Crippen LogP contribution in [0.1, 0.15) is 57.9 Å². The highest BCUT2D eigenvalue weighted by molar-refractivity contribution is 5.81. The lowest BCUT2D eigenvalue weighted by Gasteiger charge is -2.34. The first-order chi connectivity index (χ1) is 13.8. The van der Waals surface area contributed by atoms with Crippen molar-refractivity contribution in [3.05, 3.63) is 23.8 Å². The summed E-state index contributed by atoms with van der Waals surface area (Å²) in [7, 11) is 1.63. The topological polar surface area (TPSA) is 79.2 Å². The largest absolute Gasteiger partial charge is 0.493 e. The molecule has 1 unspecified atom stereocenters. The van der Waals surface area contributed by atoms with Crippen LogP contribution in [0, 0.1) is 11.3 Å². The number of amides is 1. The summed E-state index contributed by atoms with van der Waals surface area (Å²) in [6, 6.07) is 5.88. The first kappa shape index (κ1) is 21.9. The summed E-state index contributed by atoms with van der Waals surface area (Å²) in [6.07, 6.45) is 2.03. The van der Waals surface area contributed by atoms with E-state index >= 15 is 0 Å². The number of likely N-dealkylation sites (tertiary alicyclic amines) is 1. The number of nitrogens with zero attached hydrogens (tertiary/aromatic N) is 1. The van der Waals surface area contributed by atoms with E-state index in [0.29, 0.717) is 43.5 Å². The second-order valence-corrected chi connectivity index (χ2v) is 8.92. The summed E-state index contributed by atoms with van der Waals surface area (Å²) in [5.41, 5.74) is 0.504. The molecule has 1 aromatic rings. The number of rotatable bonds is 9. The highest BCUT2D eigenvalue weighted by Crippen LogP contribution is 2.47. The molecule has 1 aliphatic heterocycles. The first-order valence-corrected chi connectivity index (χ1v) is 10.8. The molecular weight excluding hydrogens is 370 g/mol. The summed E-state index contributed by atoms with van der Waals surface area (Å²) < 4.78 is 11.5. The van der Waals surface area contributed by atoms with Gasteiger partial charge in [-0.1, -0.05) is 26.3 Å². The molecule has 4 atom stereocenters. The average molecular weight is 406 g/mol. The molecule has 29 heavy (non-hydrogen) atoms. The van der Waals surface area contributed by atoms with Crippen molar-refractivity contribution in [3.8, 4) is 11.5 Å². The van der Waals surface area contributed by atoms with Gasteiger partial charge < -0.3 is 24.6 Å². The molecular formula is C23H35NO5. The van der Waals surface area contributed by atoms with Crippen molar-refractivity contribution in [1.29, 1.82) is 0 Å². The fourth-order valence-electron chi connectivity index (χ4n) is 4.21. The van der Waals surface area contributed by atoms with Crippen LogP contribution in [-0.4, -0.2) is 60.0 Å². The number of hydrogen-bond acceptors (Lipinski definition) is 5. The van der Waals surface area contributed by atoms with E-state index < -0.39 is 17.6 Å². The van der Waals surface area contributed by atoms with Crippen LogP contribution < -0.4 is 9.47 Å². The zero-order valence-corrected chi connectivity index (χ0v) is 18.1. The molecule has 0 spiro atoms. The monoisotopic (exact) mass is 405 g/mol. The van der Waals surface area contributed by atoms with E-state index in [1.165, 1.54) is 12.8 Å². The fraction of sp³-hybridized carbons (Fsp3) is 0.696. The maximum absolute atomic E-state index is 12.7. The van der Waals surface area contributed by atoms with Crippen LogP contribution in [0.25, 0.3) is 0 Å². The van der Waals surface area contributed by atoms with Gasteiger partial charge in [-0.05, 0) is 49.8 Å². The summed E-state index contributed by atoms with van der Waals surface area (Å²) in [4.78, 5) is 14.4. The third-order valence-electron chi connectivity index (χ3n) is 6.61. The molecule has 0 radical (unpaired) electrons. The molecule has 1 aliphatic carbocycles. The molecule has 1 saturated carbocycles. The minimum absolute atomic E-state index is 0.0607. The van der Waals surface area contributed by atoms with Crippen molar-refractivity contribution >= 4 is 5.91 Å². The number of aliphatic hydroxyl groups excluding tert-OH is 2. The normalized spacial score (nSPS) is 26.3. The number of carbonyl (C=O) groups is 1. The highest BCUT2D eigenvalue weighted by atomic mass is 16.5. The SMILES string of the molecule is CCCC(O)C(=O)N1C[C@@H](c2ccc(OC)c(OCC3CC3)c2)[C@](C)([C@@H](C)O)C1. The quantitative estimate of drug-likeness (QED) is 0.660. The maximum Gasteiger partial charge on any atom is 0.251 e. The van der Waals surface area contributed by atoms with Gasteiger partial charge in [-0.3, -0.25) is 4.79 Å². The Morgan fingerprint density at radius 2 is 2.03 bits per heavy atom. The Hall–Kier alpha value is -1.79. The molecule has 1 heterocycles. The molecule has 0 bridgehead atoms. The van der Waals surface area contributed by atoms with Crippen LogP contribution in [0.2, 0.25) is 0 Å². The Morgan fingerprint density at radius 1 is 1.31 bits per heavy atom. The Morgan fingerprint density at radius 3 is 2.62 bits per heavy atom. The van der Waals surface area contributed by atoms with Gasteiger partial charge in [0.05, 0.1) is 19.8 Å². The van der Waals surface area contributed by atoms with Crippen molar-refractivity contribution in [3.63, 3.8) is 0 Å². The van der Waals surface area contributed by atoms with Crippen molar-refractivity contribution in [1.82, 2.24) is 4.90 Å². The van der Waals surface area contributed by atoms with Crippen molar-refractivity contribution in [2.24, 2.45) is 11.3 Å². The van der Waals surface area contributed by atoms with Gasteiger partial charge in [0.15, 0.2) is 11.5 Å². The Balaban J connectivity index is 1.86. The van der Waals surface area contributed by atoms with E-state index in [2.05, 4.69) is 0 Å². The third kappa shape index (κ3) is 4.69. The first-order valence-electron chi connectivity index (χ1n) is 10.8. The third-order valence-corrected chi connectivity index (χ3v) is 6.61. The van der Waals surface area contributed by atoms with Gasteiger partial charge in [0.2, 0.25) is 0 Å². The van der Waals surface area contributed by atoms with Crippen LogP contribution in [0.15, 0.2) is 18.2 Å². The molecule has 6 heteroatoms. The summed E-state index contributed by atoms with van der Waals surface area (Å²) in [5.74, 6) is 1.72. The number of methoxy groups -OCH3 is 1. The number of hydrogen-bond donors (Lipinski definition) is 2. The number of carbonyl (C=O) groups excluding carboxylic acids is 1. The van der Waals surface area contributed by atoms with Gasteiger partial charge in [-0.25, -0.2) is 0 Å². The molecule has 162 valence electrons. The Kier molecular flexibility index (Phi) is 6.74. The van der Waals surface area contributed by atoms with Gasteiger partial charge in [-0.2, -0.15) is 0 Å². The van der Waals surface area contributed by atoms with Crippen LogP contribution in [0.5, 0.6) is 11.5 Å².